The van der Waals surface area contributed by atoms with Crippen molar-refractivity contribution in [3.05, 3.63) is 28.2 Å². The molecule has 1 aliphatic carbocycles. The first kappa shape index (κ1) is 19.2. The summed E-state index contributed by atoms with van der Waals surface area (Å²) in [6.07, 6.45) is 0.860. The van der Waals surface area contributed by atoms with E-state index >= 15 is 0 Å². The highest BCUT2D eigenvalue weighted by Gasteiger charge is 2.64. The predicted molar refractivity (Wildman–Crippen MR) is 105 cm³/mol. The number of anilines is 1. The molecule has 0 bridgehead atoms. The summed E-state index contributed by atoms with van der Waals surface area (Å²) in [5.41, 5.74) is 6.39. The highest BCUT2D eigenvalue weighted by atomic mass is 79.9. The number of halogens is 1. The van der Waals surface area contributed by atoms with E-state index < -0.39 is 17.7 Å². The summed E-state index contributed by atoms with van der Waals surface area (Å²) in [6, 6.07) is 5.79. The van der Waals surface area contributed by atoms with Gasteiger partial charge in [0, 0.05) is 22.9 Å². The molecule has 0 unspecified atom stereocenters. The third kappa shape index (κ3) is 2.73. The lowest BCUT2D eigenvalue weighted by Crippen LogP contribution is -2.68. The van der Waals surface area contributed by atoms with Gasteiger partial charge >= 0.3 is 6.09 Å². The second-order valence-corrected chi connectivity index (χ2v) is 9.47. The summed E-state index contributed by atoms with van der Waals surface area (Å²) in [7, 11) is 0. The van der Waals surface area contributed by atoms with E-state index in [1.165, 1.54) is 0 Å². The molecular formula is C20H27BrN2O3. The van der Waals surface area contributed by atoms with Crippen molar-refractivity contribution in [1.82, 2.24) is 0 Å². The molecule has 2 N–H and O–H groups in total. The van der Waals surface area contributed by atoms with Crippen molar-refractivity contribution in [2.24, 2.45) is 23.0 Å². The maximum absolute atomic E-state index is 12.9. The lowest BCUT2D eigenvalue weighted by Gasteiger charge is -2.60. The zero-order valence-electron chi connectivity index (χ0n) is 16.0. The largest absolute Gasteiger partial charge is 0.441 e. The van der Waals surface area contributed by atoms with Crippen molar-refractivity contribution < 1.29 is 14.3 Å². The lowest BCUT2D eigenvalue weighted by atomic mass is 9.58. The average molecular weight is 423 g/mol. The van der Waals surface area contributed by atoms with Gasteiger partial charge in [-0.15, -0.1) is 0 Å². The number of nitrogens with zero attached hydrogens (tertiary/aromatic N) is 1. The van der Waals surface area contributed by atoms with E-state index in [0.717, 1.165) is 28.6 Å². The van der Waals surface area contributed by atoms with Gasteiger partial charge in [0.2, 0.25) is 5.91 Å². The molecule has 1 aromatic carbocycles. The fourth-order valence-corrected chi connectivity index (χ4v) is 5.67. The summed E-state index contributed by atoms with van der Waals surface area (Å²) in [5, 5.41) is 0. The van der Waals surface area contributed by atoms with Crippen LogP contribution < -0.4 is 10.6 Å². The molecule has 1 fully saturated rings. The molecule has 6 heteroatoms. The molecule has 26 heavy (non-hydrogen) atoms. The number of carbonyl (C=O) groups excluding carboxylic acids is 2. The molecule has 5 nitrogen and oxygen atoms in total. The second kappa shape index (κ2) is 6.25. The van der Waals surface area contributed by atoms with E-state index in [-0.39, 0.29) is 17.2 Å². The minimum atomic E-state index is -0.789. The lowest BCUT2D eigenvalue weighted by molar-refractivity contribution is -0.122. The maximum atomic E-state index is 12.9. The molecule has 0 radical (unpaired) electrons. The number of primary amides is 1. The Morgan fingerprint density at radius 2 is 1.92 bits per heavy atom. The van der Waals surface area contributed by atoms with Crippen molar-refractivity contribution in [1.29, 1.82) is 0 Å². The van der Waals surface area contributed by atoms with Gasteiger partial charge in [-0.3, -0.25) is 4.79 Å². The number of rotatable bonds is 2. The van der Waals surface area contributed by atoms with Gasteiger partial charge in [-0.1, -0.05) is 43.6 Å². The zero-order valence-corrected chi connectivity index (χ0v) is 17.6. The molecule has 1 heterocycles. The molecule has 142 valence electrons. The first-order valence-electron chi connectivity index (χ1n) is 9.08. The van der Waals surface area contributed by atoms with Gasteiger partial charge in [0.15, 0.2) is 0 Å². The molecular weight excluding hydrogens is 396 g/mol. The molecule has 2 amide bonds. The normalized spacial score (nSPS) is 28.5. The van der Waals surface area contributed by atoms with Crippen LogP contribution in [0.15, 0.2) is 22.7 Å². The Kier molecular flexibility index (Phi) is 4.62. The SMILES string of the molecule is CC(=O)N1c2ccc(Br)cc2[C@H](OC(N)=O)[C@H](C)[C@@]1(C1CC1)C(C)(C)C. The third-order valence-electron chi connectivity index (χ3n) is 6.01. The molecule has 0 aromatic heterocycles. The van der Waals surface area contributed by atoms with E-state index in [2.05, 4.69) is 43.6 Å². The Morgan fingerprint density at radius 3 is 2.38 bits per heavy atom. The number of carbonyl (C=O) groups is 2. The Morgan fingerprint density at radius 1 is 1.31 bits per heavy atom. The Labute approximate surface area is 163 Å². The van der Waals surface area contributed by atoms with Crippen LogP contribution in [0.5, 0.6) is 0 Å². The molecule has 0 spiro atoms. The van der Waals surface area contributed by atoms with Gasteiger partial charge < -0.3 is 15.4 Å². The first-order chi connectivity index (χ1) is 12.0. The van der Waals surface area contributed by atoms with E-state index in [1.807, 2.05) is 23.1 Å². The fourth-order valence-electron chi connectivity index (χ4n) is 5.29. The van der Waals surface area contributed by atoms with Crippen molar-refractivity contribution >= 4 is 33.6 Å². The molecule has 3 atom stereocenters. The Hall–Kier alpha value is -1.56. The highest BCUT2D eigenvalue weighted by Crippen LogP contribution is 2.63. The number of nitrogens with two attached hydrogens (primary N) is 1. The number of hydrogen-bond acceptors (Lipinski definition) is 3. The van der Waals surface area contributed by atoms with E-state index in [4.69, 9.17) is 10.5 Å². The Balaban J connectivity index is 2.33. The van der Waals surface area contributed by atoms with Crippen molar-refractivity contribution in [2.75, 3.05) is 4.90 Å². The van der Waals surface area contributed by atoms with Gasteiger partial charge in [-0.05, 0) is 42.4 Å². The van der Waals surface area contributed by atoms with Crippen LogP contribution in [0.25, 0.3) is 0 Å². The van der Waals surface area contributed by atoms with E-state index in [9.17, 15) is 9.59 Å². The monoisotopic (exact) mass is 422 g/mol. The Bertz CT molecular complexity index is 754. The summed E-state index contributed by atoms with van der Waals surface area (Å²) >= 11 is 3.50. The highest BCUT2D eigenvalue weighted by molar-refractivity contribution is 9.10. The second-order valence-electron chi connectivity index (χ2n) is 8.55. The topological polar surface area (TPSA) is 72.6 Å². The molecule has 2 aliphatic rings. The van der Waals surface area contributed by atoms with Gasteiger partial charge in [0.1, 0.15) is 6.10 Å². The average Bonchev–Trinajstić information content (AvgIpc) is 3.32. The van der Waals surface area contributed by atoms with Crippen molar-refractivity contribution in [3.8, 4) is 0 Å². The number of ether oxygens (including phenoxy) is 1. The summed E-state index contributed by atoms with van der Waals surface area (Å²) < 4.78 is 6.50. The number of amides is 2. The van der Waals surface area contributed by atoms with Crippen LogP contribution in [0.1, 0.15) is 59.1 Å². The van der Waals surface area contributed by atoms with Crippen LogP contribution in [0, 0.1) is 17.3 Å². The van der Waals surface area contributed by atoms with Crippen LogP contribution in [0.2, 0.25) is 0 Å². The van der Waals surface area contributed by atoms with Crippen LogP contribution >= 0.6 is 15.9 Å². The quantitative estimate of drug-likeness (QED) is 0.744. The third-order valence-corrected chi connectivity index (χ3v) is 6.51. The molecule has 1 aromatic rings. The first-order valence-corrected chi connectivity index (χ1v) is 9.87. The van der Waals surface area contributed by atoms with Gasteiger partial charge in [0.05, 0.1) is 11.2 Å². The number of hydrogen-bond donors (Lipinski definition) is 1. The molecule has 1 aliphatic heterocycles. The zero-order chi connectivity index (χ0) is 19.4. The van der Waals surface area contributed by atoms with E-state index in [0.29, 0.717) is 5.92 Å². The summed E-state index contributed by atoms with van der Waals surface area (Å²) in [6.45, 7) is 10.2. The minimum absolute atomic E-state index is 0.0137. The summed E-state index contributed by atoms with van der Waals surface area (Å²) in [4.78, 5) is 26.5. The van der Waals surface area contributed by atoms with Crippen molar-refractivity contribution in [3.63, 3.8) is 0 Å². The molecule has 0 saturated heterocycles. The van der Waals surface area contributed by atoms with Crippen molar-refractivity contribution in [2.45, 2.75) is 59.1 Å². The smallest absolute Gasteiger partial charge is 0.405 e. The fraction of sp³-hybridized carbons (Fsp3) is 0.600. The van der Waals surface area contributed by atoms with Crippen LogP contribution in [0.4, 0.5) is 10.5 Å². The van der Waals surface area contributed by atoms with Gasteiger partial charge in [-0.25, -0.2) is 4.79 Å². The maximum Gasteiger partial charge on any atom is 0.405 e. The molecule has 3 rings (SSSR count). The standard InChI is InChI=1S/C20H27BrN2O3/c1-11-17(26-18(22)25)15-10-14(21)8-9-16(15)23(12(2)24)20(11,13-6-7-13)19(3,4)5/h8-11,13,17H,6-7H2,1-5H3,(H2,22,25)/t11-,17+,20+/m0/s1. The minimum Gasteiger partial charge on any atom is -0.441 e. The summed E-state index contributed by atoms with van der Waals surface area (Å²) in [5.74, 6) is 0.296. The number of benzene rings is 1. The molecule has 1 saturated carbocycles. The van der Waals surface area contributed by atoms with Gasteiger partial charge in [-0.2, -0.15) is 0 Å². The predicted octanol–water partition coefficient (Wildman–Crippen LogP) is 4.78. The van der Waals surface area contributed by atoms with Gasteiger partial charge in [0.25, 0.3) is 0 Å². The van der Waals surface area contributed by atoms with Crippen LogP contribution in [0.3, 0.4) is 0 Å². The number of fused-ring (bicyclic) bond motifs is 1. The van der Waals surface area contributed by atoms with Crippen LogP contribution in [-0.4, -0.2) is 17.5 Å². The van der Waals surface area contributed by atoms with E-state index in [1.54, 1.807) is 6.92 Å². The van der Waals surface area contributed by atoms with Crippen LogP contribution in [-0.2, 0) is 9.53 Å².